The topological polar surface area (TPSA) is 53.6 Å². The first kappa shape index (κ1) is 17.3. The Morgan fingerprint density at radius 2 is 2.18 bits per heavy atom. The molecule has 8 heteroatoms. The molecule has 2 N–H and O–H groups in total. The van der Waals surface area contributed by atoms with E-state index in [2.05, 4.69) is 10.7 Å². The highest BCUT2D eigenvalue weighted by Crippen LogP contribution is 2.30. The van der Waals surface area contributed by atoms with E-state index in [4.69, 9.17) is 40.2 Å². The number of carbonyl (C=O) groups excluding carboxylic acids is 1. The van der Waals surface area contributed by atoms with Crippen LogP contribution >= 0.6 is 35.4 Å². The third-order valence-corrected chi connectivity index (χ3v) is 4.10. The van der Waals surface area contributed by atoms with E-state index >= 15 is 0 Å². The van der Waals surface area contributed by atoms with E-state index in [0.717, 1.165) is 25.9 Å². The molecular formula is C14H17Cl2N3O2S. The molecule has 120 valence electrons. The molecule has 1 aliphatic heterocycles. The fourth-order valence-electron chi connectivity index (χ4n) is 2.05. The van der Waals surface area contributed by atoms with Crippen LogP contribution in [0.2, 0.25) is 10.0 Å². The maximum atomic E-state index is 11.9. The van der Waals surface area contributed by atoms with Gasteiger partial charge in [0.25, 0.3) is 0 Å². The summed E-state index contributed by atoms with van der Waals surface area (Å²) >= 11 is 17.6. The second kappa shape index (κ2) is 7.97. The van der Waals surface area contributed by atoms with Gasteiger partial charge in [-0.25, -0.2) is 10.2 Å². The molecule has 1 saturated heterocycles. The van der Waals surface area contributed by atoms with E-state index in [9.17, 15) is 4.79 Å². The first-order valence-electron chi connectivity index (χ1n) is 7.01. The molecule has 1 aromatic carbocycles. The van der Waals surface area contributed by atoms with Crippen molar-refractivity contribution in [1.29, 1.82) is 0 Å². The summed E-state index contributed by atoms with van der Waals surface area (Å²) in [6.07, 6.45) is 2.19. The number of anilines is 1. The van der Waals surface area contributed by atoms with Crippen LogP contribution in [0.1, 0.15) is 30.1 Å². The summed E-state index contributed by atoms with van der Waals surface area (Å²) in [5.74, 6) is -0.491. The van der Waals surface area contributed by atoms with Crippen LogP contribution in [-0.4, -0.2) is 35.8 Å². The van der Waals surface area contributed by atoms with Crippen molar-refractivity contribution in [3.05, 3.63) is 27.7 Å². The Morgan fingerprint density at radius 3 is 2.82 bits per heavy atom. The van der Waals surface area contributed by atoms with Gasteiger partial charge in [0.1, 0.15) is 0 Å². The normalized spacial score (nSPS) is 14.6. The Bertz CT molecular complexity index is 577. The van der Waals surface area contributed by atoms with Crippen molar-refractivity contribution >= 4 is 52.2 Å². The summed E-state index contributed by atoms with van der Waals surface area (Å²) in [4.78, 5) is 11.9. The first-order chi connectivity index (χ1) is 10.5. The number of hydrogen-bond acceptors (Lipinski definition) is 4. The summed E-state index contributed by atoms with van der Waals surface area (Å²) in [5, 5.41) is 6.03. The molecule has 22 heavy (non-hydrogen) atoms. The third kappa shape index (κ3) is 4.23. The summed E-state index contributed by atoms with van der Waals surface area (Å²) in [5.41, 5.74) is 3.97. The van der Waals surface area contributed by atoms with Crippen molar-refractivity contribution in [1.82, 2.24) is 10.4 Å². The lowest BCUT2D eigenvalue weighted by Crippen LogP contribution is -2.48. The van der Waals surface area contributed by atoms with Crippen molar-refractivity contribution in [3.8, 4) is 0 Å². The van der Waals surface area contributed by atoms with Gasteiger partial charge in [0.05, 0.1) is 27.9 Å². The minimum atomic E-state index is -0.491. The van der Waals surface area contributed by atoms with Crippen molar-refractivity contribution in [2.45, 2.75) is 19.8 Å². The Morgan fingerprint density at radius 1 is 1.41 bits per heavy atom. The van der Waals surface area contributed by atoms with E-state index in [1.54, 1.807) is 13.0 Å². The minimum Gasteiger partial charge on any atom is -0.462 e. The van der Waals surface area contributed by atoms with Gasteiger partial charge in [-0.2, -0.15) is 0 Å². The van der Waals surface area contributed by atoms with Gasteiger partial charge in [0, 0.05) is 13.1 Å². The van der Waals surface area contributed by atoms with Gasteiger partial charge in [-0.3, -0.25) is 5.01 Å². The van der Waals surface area contributed by atoms with Crippen LogP contribution in [0.3, 0.4) is 0 Å². The number of halogens is 2. The SMILES string of the molecule is CCOC(=O)c1cc(NC(=S)N2CCCCN2)c(Cl)cc1Cl. The number of benzene rings is 1. The maximum absolute atomic E-state index is 11.9. The highest BCUT2D eigenvalue weighted by molar-refractivity contribution is 7.80. The van der Waals surface area contributed by atoms with Crippen LogP contribution in [0.4, 0.5) is 5.69 Å². The largest absolute Gasteiger partial charge is 0.462 e. The molecule has 0 bridgehead atoms. The molecule has 1 fully saturated rings. The number of hydrogen-bond donors (Lipinski definition) is 2. The van der Waals surface area contributed by atoms with E-state index < -0.39 is 5.97 Å². The summed E-state index contributed by atoms with van der Waals surface area (Å²) < 4.78 is 4.98. The molecule has 0 saturated carbocycles. The van der Waals surface area contributed by atoms with Gasteiger partial charge < -0.3 is 10.1 Å². The van der Waals surface area contributed by atoms with Gasteiger partial charge in [-0.15, -0.1) is 0 Å². The molecule has 0 spiro atoms. The van der Waals surface area contributed by atoms with Crippen LogP contribution in [-0.2, 0) is 4.74 Å². The monoisotopic (exact) mass is 361 g/mol. The number of carbonyl (C=O) groups is 1. The zero-order valence-corrected chi connectivity index (χ0v) is 14.4. The van der Waals surface area contributed by atoms with Gasteiger partial charge >= 0.3 is 5.97 Å². The maximum Gasteiger partial charge on any atom is 0.339 e. The Labute approximate surface area is 144 Å². The number of ether oxygens (including phenoxy) is 1. The van der Waals surface area contributed by atoms with Gasteiger partial charge in [-0.1, -0.05) is 23.2 Å². The van der Waals surface area contributed by atoms with Crippen molar-refractivity contribution in [2.24, 2.45) is 0 Å². The standard InChI is InChI=1S/C14H17Cl2N3O2S/c1-2-21-13(20)9-7-12(11(16)8-10(9)15)18-14(22)19-6-4-3-5-17-19/h7-8,17H,2-6H2,1H3,(H,18,22). The quantitative estimate of drug-likeness (QED) is 0.634. The predicted molar refractivity (Wildman–Crippen MR) is 92.6 cm³/mol. The molecule has 2 rings (SSSR count). The second-order valence-electron chi connectivity index (χ2n) is 4.73. The van der Waals surface area contributed by atoms with Crippen LogP contribution in [0.15, 0.2) is 12.1 Å². The second-order valence-corrected chi connectivity index (χ2v) is 5.93. The fraction of sp³-hybridized carbons (Fsp3) is 0.429. The highest BCUT2D eigenvalue weighted by atomic mass is 35.5. The number of nitrogens with zero attached hydrogens (tertiary/aromatic N) is 1. The number of esters is 1. The molecule has 1 aliphatic rings. The average Bonchev–Trinajstić information content (AvgIpc) is 2.51. The first-order valence-corrected chi connectivity index (χ1v) is 8.17. The summed E-state index contributed by atoms with van der Waals surface area (Å²) in [7, 11) is 0. The van der Waals surface area contributed by atoms with Crippen molar-refractivity contribution < 1.29 is 9.53 Å². The fourth-order valence-corrected chi connectivity index (χ4v) is 2.83. The lowest BCUT2D eigenvalue weighted by Gasteiger charge is -2.30. The van der Waals surface area contributed by atoms with Crippen LogP contribution in [0.5, 0.6) is 0 Å². The number of nitrogens with one attached hydrogen (secondary N) is 2. The molecule has 0 aliphatic carbocycles. The van der Waals surface area contributed by atoms with Crippen molar-refractivity contribution in [3.63, 3.8) is 0 Å². The third-order valence-electron chi connectivity index (χ3n) is 3.15. The molecular weight excluding hydrogens is 345 g/mol. The molecule has 0 aromatic heterocycles. The summed E-state index contributed by atoms with van der Waals surface area (Å²) in [6.45, 7) is 3.71. The van der Waals surface area contributed by atoms with Gasteiger partial charge in [0.2, 0.25) is 0 Å². The van der Waals surface area contributed by atoms with Gasteiger partial charge in [0.15, 0.2) is 5.11 Å². The number of rotatable bonds is 3. The smallest absolute Gasteiger partial charge is 0.339 e. The number of thiocarbonyl (C=S) groups is 1. The van der Waals surface area contributed by atoms with Crippen molar-refractivity contribution in [2.75, 3.05) is 25.0 Å². The van der Waals surface area contributed by atoms with E-state index in [1.165, 1.54) is 6.07 Å². The van der Waals surface area contributed by atoms with Gasteiger partial charge in [-0.05, 0) is 44.1 Å². The Balaban J connectivity index is 2.17. The van der Waals surface area contributed by atoms with Crippen LogP contribution < -0.4 is 10.7 Å². The molecule has 0 atom stereocenters. The zero-order valence-electron chi connectivity index (χ0n) is 12.1. The molecule has 5 nitrogen and oxygen atoms in total. The van der Waals surface area contributed by atoms with Crippen LogP contribution in [0, 0.1) is 0 Å². The zero-order chi connectivity index (χ0) is 16.1. The Kier molecular flexibility index (Phi) is 6.26. The minimum absolute atomic E-state index is 0.246. The Hall–Kier alpha value is -1.08. The lowest BCUT2D eigenvalue weighted by molar-refractivity contribution is 0.0526. The van der Waals surface area contributed by atoms with E-state index in [-0.39, 0.29) is 17.2 Å². The number of hydrazine groups is 1. The molecule has 0 radical (unpaired) electrons. The molecule has 1 aromatic rings. The average molecular weight is 362 g/mol. The molecule has 0 unspecified atom stereocenters. The predicted octanol–water partition coefficient (Wildman–Crippen LogP) is 3.47. The van der Waals surface area contributed by atoms with E-state index in [1.807, 2.05) is 5.01 Å². The molecule has 0 amide bonds. The summed E-state index contributed by atoms with van der Waals surface area (Å²) in [6, 6.07) is 3.06. The highest BCUT2D eigenvalue weighted by Gasteiger charge is 2.18. The van der Waals surface area contributed by atoms with Crippen LogP contribution in [0.25, 0.3) is 0 Å². The molecule has 1 heterocycles. The van der Waals surface area contributed by atoms with E-state index in [0.29, 0.717) is 15.8 Å². The lowest BCUT2D eigenvalue weighted by atomic mass is 10.2.